The van der Waals surface area contributed by atoms with E-state index < -0.39 is 41.0 Å². The summed E-state index contributed by atoms with van der Waals surface area (Å²) in [4.78, 5) is 38.3. The second-order valence-corrected chi connectivity index (χ2v) is 11.1. The summed E-state index contributed by atoms with van der Waals surface area (Å²) >= 11 is 0. The Hall–Kier alpha value is -6.56. The molecule has 5 rings (SSSR count). The first-order valence-corrected chi connectivity index (χ1v) is 14.8. The third kappa shape index (κ3) is 8.47. The first-order chi connectivity index (χ1) is 23.7. The molecule has 0 unspecified atom stereocenters. The van der Waals surface area contributed by atoms with Gasteiger partial charge in [0, 0.05) is 6.07 Å². The summed E-state index contributed by atoms with van der Waals surface area (Å²) < 4.78 is 55.3. The Kier molecular flexibility index (Phi) is 9.93. The van der Waals surface area contributed by atoms with Crippen molar-refractivity contribution < 1.29 is 57.1 Å². The Bertz CT molecular complexity index is 2140. The zero-order chi connectivity index (χ0) is 36.2. The van der Waals surface area contributed by atoms with E-state index in [1.54, 1.807) is 50.3 Å². The number of aromatic hydroxyl groups is 3. The highest BCUT2D eigenvalue weighted by Crippen LogP contribution is 2.34. The van der Waals surface area contributed by atoms with E-state index in [-0.39, 0.29) is 39.9 Å². The molecular formula is C38H27F3O9. The number of halogens is 3. The average Bonchev–Trinajstić information content (AvgIpc) is 3.03. The van der Waals surface area contributed by atoms with Gasteiger partial charge in [0.2, 0.25) is 0 Å². The van der Waals surface area contributed by atoms with E-state index >= 15 is 0 Å². The summed E-state index contributed by atoms with van der Waals surface area (Å²) in [6.45, 7) is 3.49. The van der Waals surface area contributed by atoms with Crippen LogP contribution in [0.1, 0.15) is 58.9 Å². The van der Waals surface area contributed by atoms with Crippen molar-refractivity contribution in [2.75, 3.05) is 0 Å². The average molecular weight is 685 g/mol. The molecule has 254 valence electrons. The quantitative estimate of drug-likeness (QED) is 0.0837. The normalized spacial score (nSPS) is 11.3. The molecule has 0 aliphatic rings. The number of benzene rings is 5. The molecule has 0 saturated heterocycles. The van der Waals surface area contributed by atoms with Gasteiger partial charge in [0.1, 0.15) is 51.2 Å². The van der Waals surface area contributed by atoms with Crippen LogP contribution in [0, 0.1) is 13.8 Å². The second-order valence-electron chi connectivity index (χ2n) is 11.1. The number of carbonyl (C=O) groups excluding carboxylic acids is 3. The van der Waals surface area contributed by atoms with Gasteiger partial charge in [-0.3, -0.25) is 0 Å². The van der Waals surface area contributed by atoms with E-state index in [0.717, 1.165) is 11.6 Å². The lowest BCUT2D eigenvalue weighted by Crippen LogP contribution is -2.12. The van der Waals surface area contributed by atoms with E-state index in [4.69, 9.17) is 14.2 Å². The lowest BCUT2D eigenvalue weighted by atomic mass is 10.1. The molecule has 0 aliphatic heterocycles. The van der Waals surface area contributed by atoms with Gasteiger partial charge in [-0.2, -0.15) is 13.2 Å². The van der Waals surface area contributed by atoms with Crippen molar-refractivity contribution in [3.63, 3.8) is 0 Å². The fourth-order valence-corrected chi connectivity index (χ4v) is 4.64. The predicted molar refractivity (Wildman–Crippen MR) is 175 cm³/mol. The summed E-state index contributed by atoms with van der Waals surface area (Å²) in [7, 11) is 0. The van der Waals surface area contributed by atoms with Gasteiger partial charge in [-0.15, -0.1) is 0 Å². The van der Waals surface area contributed by atoms with Crippen molar-refractivity contribution in [1.82, 2.24) is 0 Å². The lowest BCUT2D eigenvalue weighted by Gasteiger charge is -2.12. The van der Waals surface area contributed by atoms with Gasteiger partial charge in [-0.05, 0) is 103 Å². The molecule has 5 aromatic rings. The molecule has 0 bridgehead atoms. The molecule has 0 aliphatic carbocycles. The molecule has 12 heteroatoms. The number of esters is 3. The van der Waals surface area contributed by atoms with E-state index in [2.05, 4.69) is 0 Å². The number of aryl methyl sites for hydroxylation is 2. The SMILES string of the molecule is Cc1ccc(C(=O)Oc2ccc(/C=C/c3cc(OC(=O)c4ccc(C)cc4O)cc(OC(=O)c4ccc(C(F)(F)F)cc4O)c3)cc2)c(O)c1. The van der Waals surface area contributed by atoms with Crippen LogP contribution in [-0.2, 0) is 6.18 Å². The molecule has 9 nitrogen and oxygen atoms in total. The Labute approximate surface area is 283 Å². The first-order valence-electron chi connectivity index (χ1n) is 14.8. The minimum atomic E-state index is -4.75. The fraction of sp³-hybridized carbons (Fsp3) is 0.0789. The Balaban J connectivity index is 1.39. The summed E-state index contributed by atoms with van der Waals surface area (Å²) in [6, 6.07) is 21.0. The number of ether oxygens (including phenoxy) is 3. The molecule has 0 radical (unpaired) electrons. The number of phenols is 3. The van der Waals surface area contributed by atoms with Gasteiger partial charge in [0.05, 0.1) is 5.56 Å². The van der Waals surface area contributed by atoms with Crippen LogP contribution in [0.15, 0.2) is 97.1 Å². The van der Waals surface area contributed by atoms with Crippen LogP contribution in [0.3, 0.4) is 0 Å². The third-order valence-electron chi connectivity index (χ3n) is 7.17. The molecule has 50 heavy (non-hydrogen) atoms. The van der Waals surface area contributed by atoms with Gasteiger partial charge in [0.25, 0.3) is 0 Å². The van der Waals surface area contributed by atoms with Gasteiger partial charge in [-0.25, -0.2) is 14.4 Å². The largest absolute Gasteiger partial charge is 0.507 e. The van der Waals surface area contributed by atoms with Gasteiger partial charge in [0.15, 0.2) is 0 Å². The van der Waals surface area contributed by atoms with Crippen molar-refractivity contribution >= 4 is 30.1 Å². The standard InChI is InChI=1S/C38H27F3O9/c1-21-3-12-29(32(42)15-21)35(45)48-26-10-7-23(8-11-26)5-6-24-17-27(49-36(46)30-13-4-22(2)16-33(30)43)20-28(18-24)50-37(47)31-14-9-25(19-34(31)44)38(39,40)41/h3-20,42-44H,1-2H3/b6-5+. The smallest absolute Gasteiger partial charge is 0.416 e. The monoisotopic (exact) mass is 684 g/mol. The molecule has 3 N–H and O–H groups in total. The zero-order valence-electron chi connectivity index (χ0n) is 26.3. The Morgan fingerprint density at radius 3 is 1.38 bits per heavy atom. The Morgan fingerprint density at radius 1 is 0.520 bits per heavy atom. The van der Waals surface area contributed by atoms with E-state index in [1.165, 1.54) is 54.6 Å². The topological polar surface area (TPSA) is 140 Å². The number of alkyl halides is 3. The molecule has 0 aromatic heterocycles. The van der Waals surface area contributed by atoms with Crippen LogP contribution in [0.25, 0.3) is 12.2 Å². The second kappa shape index (κ2) is 14.3. The first kappa shape index (κ1) is 34.8. The summed E-state index contributed by atoms with van der Waals surface area (Å²) in [6.07, 6.45) is -1.54. The minimum absolute atomic E-state index is 0.00258. The number of rotatable bonds is 8. The lowest BCUT2D eigenvalue weighted by molar-refractivity contribution is -0.137. The van der Waals surface area contributed by atoms with Crippen LogP contribution in [0.2, 0.25) is 0 Å². The van der Waals surface area contributed by atoms with Crippen molar-refractivity contribution in [2.45, 2.75) is 20.0 Å². The van der Waals surface area contributed by atoms with Gasteiger partial charge in [-0.1, -0.05) is 36.4 Å². The van der Waals surface area contributed by atoms with E-state index in [0.29, 0.717) is 28.8 Å². The maximum absolute atomic E-state index is 13.0. The van der Waals surface area contributed by atoms with Crippen molar-refractivity contribution in [1.29, 1.82) is 0 Å². The van der Waals surface area contributed by atoms with Crippen LogP contribution in [0.4, 0.5) is 13.2 Å². The minimum Gasteiger partial charge on any atom is -0.507 e. The van der Waals surface area contributed by atoms with Gasteiger partial charge >= 0.3 is 24.1 Å². The molecule has 0 spiro atoms. The maximum atomic E-state index is 13.0. The van der Waals surface area contributed by atoms with Crippen molar-refractivity contribution in [3.05, 3.63) is 142 Å². The highest BCUT2D eigenvalue weighted by molar-refractivity contribution is 5.95. The highest BCUT2D eigenvalue weighted by Gasteiger charge is 2.32. The number of phenolic OH excluding ortho intramolecular Hbond substituents is 3. The molecule has 0 amide bonds. The van der Waals surface area contributed by atoms with Crippen molar-refractivity contribution in [2.24, 2.45) is 0 Å². The summed E-state index contributed by atoms with van der Waals surface area (Å²) in [5.74, 6) is -4.43. The highest BCUT2D eigenvalue weighted by atomic mass is 19.4. The molecule has 0 heterocycles. The van der Waals surface area contributed by atoms with Crippen LogP contribution in [-0.4, -0.2) is 33.2 Å². The van der Waals surface area contributed by atoms with E-state index in [1.807, 2.05) is 0 Å². The Morgan fingerprint density at radius 2 is 0.940 bits per heavy atom. The zero-order valence-corrected chi connectivity index (χ0v) is 26.3. The van der Waals surface area contributed by atoms with Crippen molar-refractivity contribution in [3.8, 4) is 34.5 Å². The summed E-state index contributed by atoms with van der Waals surface area (Å²) in [5.41, 5.74) is 0.601. The van der Waals surface area contributed by atoms with Crippen LogP contribution in [0.5, 0.6) is 34.5 Å². The molecular weight excluding hydrogens is 657 g/mol. The molecule has 0 atom stereocenters. The predicted octanol–water partition coefficient (Wildman–Crippen LogP) is 8.27. The fourth-order valence-electron chi connectivity index (χ4n) is 4.64. The van der Waals surface area contributed by atoms with Gasteiger partial charge < -0.3 is 29.5 Å². The maximum Gasteiger partial charge on any atom is 0.416 e. The van der Waals surface area contributed by atoms with Crippen LogP contribution < -0.4 is 14.2 Å². The molecule has 5 aromatic carbocycles. The van der Waals surface area contributed by atoms with Crippen LogP contribution >= 0.6 is 0 Å². The summed E-state index contributed by atoms with van der Waals surface area (Å²) in [5, 5.41) is 30.4. The molecule has 0 saturated carbocycles. The molecule has 0 fully saturated rings. The number of hydrogen-bond acceptors (Lipinski definition) is 9. The number of hydrogen-bond donors (Lipinski definition) is 3. The third-order valence-corrected chi connectivity index (χ3v) is 7.17. The van der Waals surface area contributed by atoms with E-state index in [9.17, 15) is 42.9 Å². The number of carbonyl (C=O) groups is 3.